The molecule has 1 aliphatic rings. The molecule has 0 N–H and O–H groups in total. The van der Waals surface area contributed by atoms with Crippen molar-refractivity contribution in [3.05, 3.63) is 54.1 Å². The molecule has 8 heteroatoms. The molecule has 1 saturated heterocycles. The van der Waals surface area contributed by atoms with Crippen LogP contribution in [-0.4, -0.2) is 47.5 Å². The van der Waals surface area contributed by atoms with Gasteiger partial charge in [0, 0.05) is 12.1 Å². The molecule has 1 amide bonds. The third-order valence-corrected chi connectivity index (χ3v) is 6.44. The summed E-state index contributed by atoms with van der Waals surface area (Å²) < 4.78 is 16.2. The van der Waals surface area contributed by atoms with Crippen molar-refractivity contribution in [1.29, 1.82) is 0 Å². The summed E-state index contributed by atoms with van der Waals surface area (Å²) in [5.74, 6) is 2.35. The Hall–Kier alpha value is -3.00. The fourth-order valence-electron chi connectivity index (χ4n) is 3.90. The van der Waals surface area contributed by atoms with E-state index in [1.54, 1.807) is 14.2 Å². The maximum Gasteiger partial charge on any atom is 0.277 e. The average Bonchev–Trinajstić information content (AvgIpc) is 3.18. The summed E-state index contributed by atoms with van der Waals surface area (Å²) in [4.78, 5) is 15.2. The zero-order valence-corrected chi connectivity index (χ0v) is 19.1. The number of carbonyl (C=O) groups excluding carboxylic acids is 1. The van der Waals surface area contributed by atoms with Crippen molar-refractivity contribution < 1.29 is 18.7 Å². The quantitative estimate of drug-likeness (QED) is 0.466. The van der Waals surface area contributed by atoms with E-state index < -0.39 is 0 Å². The van der Waals surface area contributed by atoms with Crippen LogP contribution in [0.1, 0.15) is 37.3 Å². The maximum atomic E-state index is 13.2. The minimum atomic E-state index is 0.0778. The Morgan fingerprint density at radius 2 is 1.69 bits per heavy atom. The predicted octanol–water partition coefficient (Wildman–Crippen LogP) is 4.99. The molecule has 0 aliphatic carbocycles. The van der Waals surface area contributed by atoms with Crippen LogP contribution in [0.5, 0.6) is 11.5 Å². The second-order valence-electron chi connectivity index (χ2n) is 7.62. The first-order valence-electron chi connectivity index (χ1n) is 10.7. The number of carbonyl (C=O) groups is 1. The highest BCUT2D eigenvalue weighted by Gasteiger charge is 2.27. The van der Waals surface area contributed by atoms with Crippen LogP contribution >= 0.6 is 11.8 Å². The minimum absolute atomic E-state index is 0.0778. The summed E-state index contributed by atoms with van der Waals surface area (Å²) in [5.41, 5.74) is 1.95. The molecule has 1 aliphatic heterocycles. The zero-order valence-electron chi connectivity index (χ0n) is 18.3. The van der Waals surface area contributed by atoms with Crippen LogP contribution in [0, 0.1) is 0 Å². The van der Waals surface area contributed by atoms with Gasteiger partial charge in [0.2, 0.25) is 11.8 Å². The molecule has 2 heterocycles. The lowest BCUT2D eigenvalue weighted by Crippen LogP contribution is -2.36. The van der Waals surface area contributed by atoms with E-state index in [2.05, 4.69) is 22.3 Å². The summed E-state index contributed by atoms with van der Waals surface area (Å²) in [7, 11) is 3.28. The molecule has 0 radical (unpaired) electrons. The lowest BCUT2D eigenvalue weighted by Gasteiger charge is -2.30. The number of hydrogen-bond donors (Lipinski definition) is 0. The molecule has 0 unspecified atom stereocenters. The van der Waals surface area contributed by atoms with Crippen molar-refractivity contribution in [1.82, 2.24) is 15.1 Å². The summed E-state index contributed by atoms with van der Waals surface area (Å²) >= 11 is 1.28. The minimum Gasteiger partial charge on any atom is -0.497 e. The van der Waals surface area contributed by atoms with Gasteiger partial charge < -0.3 is 18.8 Å². The van der Waals surface area contributed by atoms with Crippen LogP contribution < -0.4 is 9.47 Å². The number of aromatic nitrogens is 2. The molecule has 3 aromatic rings. The zero-order chi connectivity index (χ0) is 22.3. The molecule has 32 heavy (non-hydrogen) atoms. The first-order chi connectivity index (χ1) is 15.7. The Balaban J connectivity index is 1.41. The van der Waals surface area contributed by atoms with Crippen molar-refractivity contribution in [2.45, 2.75) is 36.9 Å². The van der Waals surface area contributed by atoms with Crippen molar-refractivity contribution in [3.8, 4) is 23.0 Å². The van der Waals surface area contributed by atoms with Crippen LogP contribution in [0.4, 0.5) is 0 Å². The third-order valence-electron chi connectivity index (χ3n) is 5.64. The smallest absolute Gasteiger partial charge is 0.277 e. The second-order valence-corrected chi connectivity index (χ2v) is 8.54. The molecule has 4 rings (SSSR count). The highest BCUT2D eigenvalue weighted by atomic mass is 32.2. The molecule has 1 atom stereocenters. The van der Waals surface area contributed by atoms with Gasteiger partial charge in [0.1, 0.15) is 11.5 Å². The van der Waals surface area contributed by atoms with E-state index in [-0.39, 0.29) is 17.7 Å². The van der Waals surface area contributed by atoms with Crippen LogP contribution in [0.15, 0.2) is 58.2 Å². The van der Waals surface area contributed by atoms with Crippen molar-refractivity contribution in [2.75, 3.05) is 26.5 Å². The van der Waals surface area contributed by atoms with E-state index in [0.717, 1.165) is 54.9 Å². The molecule has 0 bridgehead atoms. The first-order valence-corrected chi connectivity index (χ1v) is 11.7. The summed E-state index contributed by atoms with van der Waals surface area (Å²) in [6, 6.07) is 15.5. The molecule has 1 aromatic heterocycles. The van der Waals surface area contributed by atoms with Gasteiger partial charge in [-0.2, -0.15) is 0 Å². The van der Waals surface area contributed by atoms with E-state index in [9.17, 15) is 4.79 Å². The Bertz CT molecular complexity index is 1020. The molecule has 1 fully saturated rings. The van der Waals surface area contributed by atoms with Gasteiger partial charge in [-0.25, -0.2) is 0 Å². The van der Waals surface area contributed by atoms with Gasteiger partial charge in [0.15, 0.2) is 0 Å². The fraction of sp³-hybridized carbons (Fsp3) is 0.375. The Morgan fingerprint density at radius 1 is 1.00 bits per heavy atom. The van der Waals surface area contributed by atoms with Crippen molar-refractivity contribution in [3.63, 3.8) is 0 Å². The van der Waals surface area contributed by atoms with Gasteiger partial charge in [-0.1, -0.05) is 36.7 Å². The number of amides is 1. The Morgan fingerprint density at radius 3 is 2.38 bits per heavy atom. The summed E-state index contributed by atoms with van der Waals surface area (Å²) in [6.45, 7) is 0.761. The molecule has 0 spiro atoms. The standard InChI is InChI=1S/C24H27N3O4S/c1-29-19-11-7-17(8-12-19)21-6-4-3-5-15-27(21)22(28)16-32-24-26-25-23(31-24)18-9-13-20(30-2)14-10-18/h7-14,21H,3-6,15-16H2,1-2H3/t21-/m0/s1. The molecular formula is C24H27N3O4S. The SMILES string of the molecule is COc1ccc(-c2nnc(SCC(=O)N3CCCCC[C@H]3c3ccc(OC)cc3)o2)cc1. The second kappa shape index (κ2) is 10.5. The van der Waals surface area contributed by atoms with Crippen LogP contribution in [0.25, 0.3) is 11.5 Å². The van der Waals surface area contributed by atoms with Gasteiger partial charge in [-0.15, -0.1) is 10.2 Å². The van der Waals surface area contributed by atoms with Gasteiger partial charge in [-0.3, -0.25) is 4.79 Å². The largest absolute Gasteiger partial charge is 0.497 e. The first kappa shape index (κ1) is 22.2. The maximum absolute atomic E-state index is 13.2. The van der Waals surface area contributed by atoms with Gasteiger partial charge in [0.05, 0.1) is 26.0 Å². The molecular weight excluding hydrogens is 426 g/mol. The molecule has 7 nitrogen and oxygen atoms in total. The van der Waals surface area contributed by atoms with E-state index in [0.29, 0.717) is 11.1 Å². The summed E-state index contributed by atoms with van der Waals surface area (Å²) in [6.07, 6.45) is 4.23. The van der Waals surface area contributed by atoms with E-state index >= 15 is 0 Å². The topological polar surface area (TPSA) is 77.7 Å². The molecule has 2 aromatic carbocycles. The highest BCUT2D eigenvalue weighted by Crippen LogP contribution is 2.32. The van der Waals surface area contributed by atoms with Gasteiger partial charge >= 0.3 is 0 Å². The van der Waals surface area contributed by atoms with E-state index in [1.807, 2.05) is 41.3 Å². The van der Waals surface area contributed by atoms with Crippen molar-refractivity contribution >= 4 is 17.7 Å². The summed E-state index contributed by atoms with van der Waals surface area (Å²) in [5, 5.41) is 8.60. The van der Waals surface area contributed by atoms with Crippen molar-refractivity contribution in [2.24, 2.45) is 0 Å². The van der Waals surface area contributed by atoms with E-state index in [1.165, 1.54) is 11.8 Å². The normalized spacial score (nSPS) is 16.4. The lowest BCUT2D eigenvalue weighted by molar-refractivity contribution is -0.130. The van der Waals surface area contributed by atoms with Crippen LogP contribution in [0.3, 0.4) is 0 Å². The van der Waals surface area contributed by atoms with E-state index in [4.69, 9.17) is 13.9 Å². The Labute approximate surface area is 192 Å². The third kappa shape index (κ3) is 5.24. The fourth-order valence-corrected chi connectivity index (χ4v) is 4.55. The lowest BCUT2D eigenvalue weighted by atomic mass is 10.0. The molecule has 0 saturated carbocycles. The number of thioether (sulfide) groups is 1. The predicted molar refractivity (Wildman–Crippen MR) is 123 cm³/mol. The number of likely N-dealkylation sites (tertiary alicyclic amines) is 1. The van der Waals surface area contributed by atoms with Gasteiger partial charge in [0.25, 0.3) is 5.22 Å². The number of nitrogens with zero attached hydrogens (tertiary/aromatic N) is 3. The monoisotopic (exact) mass is 453 g/mol. The number of methoxy groups -OCH3 is 2. The Kier molecular flexibility index (Phi) is 7.32. The average molecular weight is 454 g/mol. The number of rotatable bonds is 7. The number of ether oxygens (including phenoxy) is 2. The van der Waals surface area contributed by atoms with Gasteiger partial charge in [-0.05, 0) is 54.8 Å². The van der Waals surface area contributed by atoms with Crippen LogP contribution in [0.2, 0.25) is 0 Å². The molecule has 168 valence electrons. The highest BCUT2D eigenvalue weighted by molar-refractivity contribution is 7.99. The number of hydrogen-bond acceptors (Lipinski definition) is 7. The number of benzene rings is 2. The van der Waals surface area contributed by atoms with Crippen LogP contribution in [-0.2, 0) is 4.79 Å².